The van der Waals surface area contributed by atoms with Crippen LogP contribution < -0.4 is 0 Å². The second kappa shape index (κ2) is 3.68. The molecule has 0 aliphatic rings. The van der Waals surface area contributed by atoms with Crippen LogP contribution in [0.1, 0.15) is 5.56 Å². The van der Waals surface area contributed by atoms with Crippen molar-refractivity contribution in [3.8, 4) is 6.07 Å². The van der Waals surface area contributed by atoms with Crippen LogP contribution in [0.15, 0.2) is 24.5 Å². The maximum atomic E-state index is 12.5. The molecule has 0 atom stereocenters. The van der Waals surface area contributed by atoms with Crippen molar-refractivity contribution in [2.75, 3.05) is 0 Å². The molecule has 0 saturated carbocycles. The third-order valence-corrected chi connectivity index (χ3v) is 2.40. The molecule has 5 heteroatoms. The van der Waals surface area contributed by atoms with Gasteiger partial charge in [0.25, 0.3) is 0 Å². The summed E-state index contributed by atoms with van der Waals surface area (Å²) in [5.74, 6) is 0. The van der Waals surface area contributed by atoms with Crippen LogP contribution in [-0.4, -0.2) is 8.96 Å². The lowest BCUT2D eigenvalue weighted by Gasteiger charge is -1.92. The molecule has 0 spiro atoms. The minimum Gasteiger partial charge on any atom is -0.262 e. The van der Waals surface area contributed by atoms with E-state index in [1.807, 2.05) is 6.07 Å². The first kappa shape index (κ1) is 9.03. The Labute approximate surface area is 84.6 Å². The Kier molecular flexibility index (Phi) is 2.37. The summed E-state index contributed by atoms with van der Waals surface area (Å²) in [6, 6.07) is 5.54. The highest BCUT2D eigenvalue weighted by Crippen LogP contribution is 2.23. The van der Waals surface area contributed by atoms with Crippen LogP contribution in [0.25, 0.3) is 11.0 Å². The van der Waals surface area contributed by atoms with Crippen molar-refractivity contribution < 1.29 is 3.89 Å². The van der Waals surface area contributed by atoms with Gasteiger partial charge in [-0.1, -0.05) is 0 Å². The van der Waals surface area contributed by atoms with Gasteiger partial charge in [-0.2, -0.15) is 5.26 Å². The first-order valence-corrected chi connectivity index (χ1v) is 4.65. The van der Waals surface area contributed by atoms with Crippen molar-refractivity contribution >= 4 is 23.4 Å². The predicted octanol–water partition coefficient (Wildman–Crippen LogP) is 2.48. The van der Waals surface area contributed by atoms with Crippen LogP contribution in [0.4, 0.5) is 3.89 Å². The lowest BCUT2D eigenvalue weighted by Crippen LogP contribution is -1.80. The van der Waals surface area contributed by atoms with Gasteiger partial charge in [0.2, 0.25) is 0 Å². The van der Waals surface area contributed by atoms with Gasteiger partial charge in [0.1, 0.15) is 0 Å². The molecule has 2 rings (SSSR count). The maximum Gasteiger partial charge on any atom is 0.169 e. The fourth-order valence-corrected chi connectivity index (χ4v) is 1.75. The zero-order valence-corrected chi connectivity index (χ0v) is 7.96. The van der Waals surface area contributed by atoms with E-state index in [1.165, 1.54) is 3.97 Å². The highest BCUT2D eigenvalue weighted by atomic mass is 32.2. The molecule has 0 unspecified atom stereocenters. The number of hydrogen-bond donors (Lipinski definition) is 0. The van der Waals surface area contributed by atoms with Gasteiger partial charge >= 0.3 is 0 Å². The standard InChI is InChI=1S/C9H6FN3S/c10-14-13-6-7(3-4-11)9-8(13)2-1-5-12-9/h1-2,5-6H,3H2. The van der Waals surface area contributed by atoms with Gasteiger partial charge in [-0.05, 0) is 12.1 Å². The van der Waals surface area contributed by atoms with Crippen molar-refractivity contribution in [2.45, 2.75) is 6.42 Å². The largest absolute Gasteiger partial charge is 0.262 e. The molecule has 2 aromatic heterocycles. The first-order chi connectivity index (χ1) is 6.86. The quantitative estimate of drug-likeness (QED) is 0.759. The molecule has 70 valence electrons. The molecule has 0 saturated heterocycles. The highest BCUT2D eigenvalue weighted by molar-refractivity contribution is 7.92. The van der Waals surface area contributed by atoms with Gasteiger partial charge in [0.05, 0.1) is 23.5 Å². The minimum atomic E-state index is 0.112. The normalized spacial score (nSPS) is 10.3. The Balaban J connectivity index is 2.68. The van der Waals surface area contributed by atoms with E-state index >= 15 is 0 Å². The number of hydrogen-bond acceptors (Lipinski definition) is 3. The summed E-state index contributed by atoms with van der Waals surface area (Å²) in [5, 5.41) is 8.57. The molecule has 2 aromatic rings. The van der Waals surface area contributed by atoms with Gasteiger partial charge < -0.3 is 0 Å². The van der Waals surface area contributed by atoms with Crippen molar-refractivity contribution in [1.82, 2.24) is 8.96 Å². The van der Waals surface area contributed by atoms with Crippen molar-refractivity contribution in [1.29, 1.82) is 5.26 Å². The second-order valence-electron chi connectivity index (χ2n) is 2.76. The van der Waals surface area contributed by atoms with E-state index in [2.05, 4.69) is 4.98 Å². The molecular weight excluding hydrogens is 201 g/mol. The average molecular weight is 207 g/mol. The van der Waals surface area contributed by atoms with Gasteiger partial charge in [-0.25, -0.2) is 0 Å². The number of halogens is 1. The molecule has 0 fully saturated rings. The molecule has 0 aromatic carbocycles. The van der Waals surface area contributed by atoms with Gasteiger partial charge in [0, 0.05) is 18.0 Å². The minimum absolute atomic E-state index is 0.112. The van der Waals surface area contributed by atoms with Crippen LogP contribution >= 0.6 is 12.3 Å². The summed E-state index contributed by atoms with van der Waals surface area (Å²) in [7, 11) is 0. The number of fused-ring (bicyclic) bond motifs is 1. The Morgan fingerprint density at radius 2 is 2.50 bits per heavy atom. The molecule has 0 aliphatic heterocycles. The van der Waals surface area contributed by atoms with Crippen LogP contribution in [0.5, 0.6) is 0 Å². The van der Waals surface area contributed by atoms with Gasteiger partial charge in [-0.15, -0.1) is 3.89 Å². The van der Waals surface area contributed by atoms with E-state index in [1.54, 1.807) is 24.5 Å². The summed E-state index contributed by atoms with van der Waals surface area (Å²) in [6.45, 7) is 0. The second-order valence-corrected chi connectivity index (χ2v) is 3.29. The SMILES string of the molecule is N#CCc1cn(SF)c2cccnc12. The fourth-order valence-electron chi connectivity index (χ4n) is 1.37. The smallest absolute Gasteiger partial charge is 0.169 e. The number of rotatable bonds is 2. The molecule has 0 N–H and O–H groups in total. The van der Waals surface area contributed by atoms with E-state index < -0.39 is 0 Å². The molecule has 14 heavy (non-hydrogen) atoms. The lowest BCUT2D eigenvalue weighted by molar-refractivity contribution is 0.920. The number of aromatic nitrogens is 2. The van der Waals surface area contributed by atoms with E-state index in [0.29, 0.717) is 11.0 Å². The zero-order chi connectivity index (χ0) is 9.97. The number of nitrogens with zero attached hydrogens (tertiary/aromatic N) is 3. The van der Waals surface area contributed by atoms with Crippen molar-refractivity contribution in [2.24, 2.45) is 0 Å². The molecular formula is C9H6FN3S. The van der Waals surface area contributed by atoms with E-state index in [4.69, 9.17) is 5.26 Å². The monoisotopic (exact) mass is 207 g/mol. The lowest BCUT2D eigenvalue weighted by atomic mass is 10.2. The fraction of sp³-hybridized carbons (Fsp3) is 0.111. The van der Waals surface area contributed by atoms with Crippen LogP contribution in [-0.2, 0) is 6.42 Å². The summed E-state index contributed by atoms with van der Waals surface area (Å²) < 4.78 is 13.8. The first-order valence-electron chi connectivity index (χ1n) is 3.98. The predicted molar refractivity (Wildman–Crippen MR) is 53.1 cm³/mol. The Morgan fingerprint density at radius 3 is 3.21 bits per heavy atom. The van der Waals surface area contributed by atoms with Gasteiger partial charge in [0.15, 0.2) is 12.3 Å². The number of nitriles is 1. The number of pyridine rings is 1. The molecule has 0 bridgehead atoms. The molecule has 0 aliphatic carbocycles. The summed E-state index contributed by atoms with van der Waals surface area (Å²) >= 11 is 0.112. The van der Waals surface area contributed by atoms with Crippen molar-refractivity contribution in [3.05, 3.63) is 30.1 Å². The van der Waals surface area contributed by atoms with Crippen LogP contribution in [0.2, 0.25) is 0 Å². The Bertz CT molecular complexity index is 500. The summed E-state index contributed by atoms with van der Waals surface area (Å²) in [4.78, 5) is 4.12. The summed E-state index contributed by atoms with van der Waals surface area (Å²) in [5.41, 5.74) is 2.15. The molecule has 0 amide bonds. The van der Waals surface area contributed by atoms with Crippen molar-refractivity contribution in [3.63, 3.8) is 0 Å². The van der Waals surface area contributed by atoms with E-state index in [0.717, 1.165) is 5.56 Å². The summed E-state index contributed by atoms with van der Waals surface area (Å²) in [6.07, 6.45) is 3.49. The third kappa shape index (κ3) is 1.34. The van der Waals surface area contributed by atoms with E-state index in [9.17, 15) is 3.89 Å². The maximum absolute atomic E-state index is 12.5. The topological polar surface area (TPSA) is 41.6 Å². The van der Waals surface area contributed by atoms with Crippen LogP contribution in [0.3, 0.4) is 0 Å². The average Bonchev–Trinajstić information content (AvgIpc) is 2.58. The third-order valence-electron chi connectivity index (χ3n) is 1.94. The Morgan fingerprint density at radius 1 is 1.64 bits per heavy atom. The van der Waals surface area contributed by atoms with Crippen LogP contribution in [0, 0.1) is 11.3 Å². The molecule has 2 heterocycles. The van der Waals surface area contributed by atoms with Gasteiger partial charge in [-0.3, -0.25) is 8.96 Å². The molecule has 3 nitrogen and oxygen atoms in total. The zero-order valence-electron chi connectivity index (χ0n) is 7.14. The highest BCUT2D eigenvalue weighted by Gasteiger charge is 2.08. The Hall–Kier alpha value is -1.54. The van der Waals surface area contributed by atoms with E-state index in [-0.39, 0.29) is 18.8 Å². The molecule has 0 radical (unpaired) electrons.